The topological polar surface area (TPSA) is 35.2 Å². The molecule has 2 aromatic rings. The van der Waals surface area contributed by atoms with Gasteiger partial charge in [-0.3, -0.25) is 0 Å². The summed E-state index contributed by atoms with van der Waals surface area (Å²) >= 11 is 0. The summed E-state index contributed by atoms with van der Waals surface area (Å²) in [5.74, 6) is 0.476. The Morgan fingerprint density at radius 2 is 1.84 bits per heavy atom. The van der Waals surface area contributed by atoms with E-state index in [0.29, 0.717) is 6.54 Å². The lowest BCUT2D eigenvalue weighted by molar-refractivity contribution is 0.243. The van der Waals surface area contributed by atoms with Gasteiger partial charge in [-0.25, -0.2) is 4.39 Å². The maximum Gasteiger partial charge on any atom is 0.127 e. The number of para-hydroxylation sites is 1. The van der Waals surface area contributed by atoms with Crippen molar-refractivity contribution in [3.05, 3.63) is 53.8 Å². The highest BCUT2D eigenvalue weighted by Crippen LogP contribution is 2.33. The lowest BCUT2D eigenvalue weighted by Crippen LogP contribution is -2.07. The van der Waals surface area contributed by atoms with Gasteiger partial charge in [0.2, 0.25) is 0 Å². The third-order valence-corrected chi connectivity index (χ3v) is 2.83. The summed E-state index contributed by atoms with van der Waals surface area (Å²) in [6, 6.07) is 12.3. The fourth-order valence-corrected chi connectivity index (χ4v) is 2.02. The summed E-state index contributed by atoms with van der Waals surface area (Å²) in [4.78, 5) is 0. The Balaban J connectivity index is 2.55. The minimum atomic E-state index is -0.272. The maximum absolute atomic E-state index is 13.5. The number of ether oxygens (including phenoxy) is 1. The van der Waals surface area contributed by atoms with Crippen LogP contribution in [0.25, 0.3) is 11.1 Å². The maximum atomic E-state index is 13.5. The van der Waals surface area contributed by atoms with Gasteiger partial charge in [0.25, 0.3) is 0 Å². The highest BCUT2D eigenvalue weighted by atomic mass is 19.1. The van der Waals surface area contributed by atoms with Crippen molar-refractivity contribution in [2.24, 2.45) is 5.73 Å². The average Bonchev–Trinajstić information content (AvgIpc) is 2.38. The summed E-state index contributed by atoms with van der Waals surface area (Å²) in [5, 5.41) is 0. The fourth-order valence-electron chi connectivity index (χ4n) is 2.02. The number of halogens is 1. The van der Waals surface area contributed by atoms with Crippen LogP contribution in [-0.2, 0) is 6.54 Å². The van der Waals surface area contributed by atoms with Crippen molar-refractivity contribution in [2.45, 2.75) is 26.5 Å². The standard InChI is InChI=1S/C16H18FNO/c1-11(2)19-16-6-4-3-5-14(16)15-9-13(17)8-7-12(15)10-18/h3-9,11H,10,18H2,1-2H3. The van der Waals surface area contributed by atoms with Crippen LogP contribution >= 0.6 is 0 Å². The second kappa shape index (κ2) is 5.85. The summed E-state index contributed by atoms with van der Waals surface area (Å²) in [6.45, 7) is 4.30. The first kappa shape index (κ1) is 13.6. The molecule has 0 aromatic heterocycles. The zero-order chi connectivity index (χ0) is 13.8. The van der Waals surface area contributed by atoms with Crippen LogP contribution in [-0.4, -0.2) is 6.10 Å². The molecule has 19 heavy (non-hydrogen) atoms. The van der Waals surface area contributed by atoms with Crippen LogP contribution in [0, 0.1) is 5.82 Å². The van der Waals surface area contributed by atoms with Crippen molar-refractivity contribution >= 4 is 0 Å². The van der Waals surface area contributed by atoms with Crippen LogP contribution < -0.4 is 10.5 Å². The molecule has 3 heteroatoms. The molecule has 0 bridgehead atoms. The summed E-state index contributed by atoms with van der Waals surface area (Å²) < 4.78 is 19.3. The first-order valence-electron chi connectivity index (χ1n) is 6.36. The number of nitrogens with two attached hydrogens (primary N) is 1. The molecule has 0 saturated heterocycles. The Labute approximate surface area is 113 Å². The smallest absolute Gasteiger partial charge is 0.127 e. The molecule has 0 unspecified atom stereocenters. The molecular formula is C16H18FNO. The summed E-state index contributed by atoms with van der Waals surface area (Å²) in [5.41, 5.74) is 8.29. The minimum Gasteiger partial charge on any atom is -0.490 e. The van der Waals surface area contributed by atoms with Gasteiger partial charge < -0.3 is 10.5 Å². The van der Waals surface area contributed by atoms with Gasteiger partial charge in [-0.15, -0.1) is 0 Å². The normalized spacial score (nSPS) is 10.8. The van der Waals surface area contributed by atoms with Crippen molar-refractivity contribution in [1.29, 1.82) is 0 Å². The van der Waals surface area contributed by atoms with Crippen molar-refractivity contribution < 1.29 is 9.13 Å². The predicted octanol–water partition coefficient (Wildman–Crippen LogP) is 3.74. The van der Waals surface area contributed by atoms with E-state index in [0.717, 1.165) is 22.4 Å². The molecule has 0 fully saturated rings. The zero-order valence-corrected chi connectivity index (χ0v) is 11.2. The number of rotatable bonds is 4. The highest BCUT2D eigenvalue weighted by Gasteiger charge is 2.11. The van der Waals surface area contributed by atoms with E-state index >= 15 is 0 Å². The first-order chi connectivity index (χ1) is 9.11. The van der Waals surface area contributed by atoms with Crippen molar-refractivity contribution in [3.8, 4) is 16.9 Å². The Kier molecular flexibility index (Phi) is 4.17. The Bertz CT molecular complexity index is 566. The van der Waals surface area contributed by atoms with Gasteiger partial charge in [0.05, 0.1) is 6.10 Å². The quantitative estimate of drug-likeness (QED) is 0.907. The predicted molar refractivity (Wildman–Crippen MR) is 75.5 cm³/mol. The lowest BCUT2D eigenvalue weighted by Gasteiger charge is -2.16. The number of benzene rings is 2. The molecule has 2 rings (SSSR count). The van der Waals surface area contributed by atoms with E-state index in [2.05, 4.69) is 0 Å². The monoisotopic (exact) mass is 259 g/mol. The third-order valence-electron chi connectivity index (χ3n) is 2.83. The van der Waals surface area contributed by atoms with Crippen molar-refractivity contribution in [3.63, 3.8) is 0 Å². The van der Waals surface area contributed by atoms with Gasteiger partial charge in [-0.2, -0.15) is 0 Å². The van der Waals surface area contributed by atoms with E-state index in [4.69, 9.17) is 10.5 Å². The molecule has 0 saturated carbocycles. The van der Waals surface area contributed by atoms with Gasteiger partial charge >= 0.3 is 0 Å². The molecule has 2 N–H and O–H groups in total. The van der Waals surface area contributed by atoms with Gasteiger partial charge in [0, 0.05) is 12.1 Å². The van der Waals surface area contributed by atoms with Crippen LogP contribution in [0.2, 0.25) is 0 Å². The molecule has 2 aromatic carbocycles. The largest absolute Gasteiger partial charge is 0.490 e. The Hall–Kier alpha value is -1.87. The Morgan fingerprint density at radius 1 is 1.11 bits per heavy atom. The van der Waals surface area contributed by atoms with Crippen LogP contribution in [0.4, 0.5) is 4.39 Å². The van der Waals surface area contributed by atoms with Crippen LogP contribution in [0.3, 0.4) is 0 Å². The molecule has 2 nitrogen and oxygen atoms in total. The van der Waals surface area contributed by atoms with E-state index in [1.165, 1.54) is 12.1 Å². The summed E-state index contributed by atoms with van der Waals surface area (Å²) in [6.07, 6.45) is 0.0658. The molecule has 0 aliphatic carbocycles. The van der Waals surface area contributed by atoms with Crippen molar-refractivity contribution in [2.75, 3.05) is 0 Å². The SMILES string of the molecule is CC(C)Oc1ccccc1-c1cc(F)ccc1CN. The van der Waals surface area contributed by atoms with E-state index in [-0.39, 0.29) is 11.9 Å². The van der Waals surface area contributed by atoms with Gasteiger partial charge in [0.1, 0.15) is 11.6 Å². The second-order valence-corrected chi connectivity index (χ2v) is 4.67. The molecule has 100 valence electrons. The highest BCUT2D eigenvalue weighted by molar-refractivity contribution is 5.73. The van der Waals surface area contributed by atoms with Gasteiger partial charge in [-0.05, 0) is 43.2 Å². The van der Waals surface area contributed by atoms with E-state index < -0.39 is 0 Å². The van der Waals surface area contributed by atoms with Gasteiger partial charge in [-0.1, -0.05) is 24.3 Å². The van der Waals surface area contributed by atoms with Crippen LogP contribution in [0.1, 0.15) is 19.4 Å². The van der Waals surface area contributed by atoms with E-state index in [9.17, 15) is 4.39 Å². The summed E-state index contributed by atoms with van der Waals surface area (Å²) in [7, 11) is 0. The fraction of sp³-hybridized carbons (Fsp3) is 0.250. The van der Waals surface area contributed by atoms with Gasteiger partial charge in [0.15, 0.2) is 0 Å². The third kappa shape index (κ3) is 3.12. The van der Waals surface area contributed by atoms with Crippen LogP contribution in [0.15, 0.2) is 42.5 Å². The molecule has 0 aliphatic heterocycles. The van der Waals surface area contributed by atoms with Crippen molar-refractivity contribution in [1.82, 2.24) is 0 Å². The molecule has 0 amide bonds. The van der Waals surface area contributed by atoms with Crippen LogP contribution in [0.5, 0.6) is 5.75 Å². The molecule has 0 aliphatic rings. The number of hydrogen-bond donors (Lipinski definition) is 1. The van der Waals surface area contributed by atoms with E-state index in [1.807, 2.05) is 38.1 Å². The molecule has 0 atom stereocenters. The molecule has 0 radical (unpaired) electrons. The van der Waals surface area contributed by atoms with E-state index in [1.54, 1.807) is 6.07 Å². The number of hydrogen-bond acceptors (Lipinski definition) is 2. The lowest BCUT2D eigenvalue weighted by atomic mass is 9.98. The first-order valence-corrected chi connectivity index (χ1v) is 6.36. The second-order valence-electron chi connectivity index (χ2n) is 4.67. The molecular weight excluding hydrogens is 241 g/mol. The minimum absolute atomic E-state index is 0.0658. The zero-order valence-electron chi connectivity index (χ0n) is 11.2. The Morgan fingerprint density at radius 3 is 2.53 bits per heavy atom. The molecule has 0 heterocycles. The average molecular weight is 259 g/mol. The molecule has 0 spiro atoms.